The number of halogens is 1. The second-order valence-electron chi connectivity index (χ2n) is 5.58. The van der Waals surface area contributed by atoms with Gasteiger partial charge in [-0.05, 0) is 37.5 Å². The number of hydrogen-bond donors (Lipinski definition) is 3. The molecule has 0 amide bonds. The van der Waals surface area contributed by atoms with Crippen LogP contribution in [0.25, 0.3) is 0 Å². The molecule has 0 radical (unpaired) electrons. The van der Waals surface area contributed by atoms with Crippen LogP contribution < -0.4 is 10.5 Å². The number of sulfonamides is 1. The SMILES string of the molecule is Cc1cc(S(=O)(=O)NC2CCCCCC2O)cc(N)c1F. The van der Waals surface area contributed by atoms with Crippen molar-refractivity contribution in [3.8, 4) is 0 Å². The lowest BCUT2D eigenvalue weighted by molar-refractivity contribution is 0.130. The van der Waals surface area contributed by atoms with E-state index in [1.807, 2.05) is 0 Å². The molecule has 1 aliphatic carbocycles. The van der Waals surface area contributed by atoms with Gasteiger partial charge in [0.1, 0.15) is 5.82 Å². The first kappa shape index (κ1) is 16.2. The first-order chi connectivity index (χ1) is 9.81. The molecule has 0 aliphatic heterocycles. The molecule has 21 heavy (non-hydrogen) atoms. The maximum atomic E-state index is 13.5. The Hall–Kier alpha value is -1.18. The lowest BCUT2D eigenvalue weighted by atomic mass is 10.1. The number of nitrogens with two attached hydrogens (primary N) is 1. The van der Waals surface area contributed by atoms with E-state index in [4.69, 9.17) is 5.73 Å². The Balaban J connectivity index is 2.25. The van der Waals surface area contributed by atoms with Crippen LogP contribution in [0, 0.1) is 12.7 Å². The topological polar surface area (TPSA) is 92.4 Å². The van der Waals surface area contributed by atoms with Gasteiger partial charge in [0.05, 0.1) is 16.7 Å². The first-order valence-corrected chi connectivity index (χ1v) is 8.55. The van der Waals surface area contributed by atoms with Gasteiger partial charge < -0.3 is 10.8 Å². The van der Waals surface area contributed by atoms with Crippen LogP contribution in [0.2, 0.25) is 0 Å². The van der Waals surface area contributed by atoms with Crippen LogP contribution in [0.4, 0.5) is 10.1 Å². The highest BCUT2D eigenvalue weighted by Crippen LogP contribution is 2.23. The zero-order chi connectivity index (χ0) is 15.6. The molecule has 7 heteroatoms. The summed E-state index contributed by atoms with van der Waals surface area (Å²) in [6.07, 6.45) is 3.23. The number of benzene rings is 1. The number of aliphatic hydroxyl groups is 1. The minimum absolute atomic E-state index is 0.0738. The molecule has 4 N–H and O–H groups in total. The Morgan fingerprint density at radius 3 is 2.62 bits per heavy atom. The summed E-state index contributed by atoms with van der Waals surface area (Å²) in [5.41, 5.74) is 5.47. The summed E-state index contributed by atoms with van der Waals surface area (Å²) in [5, 5.41) is 10.0. The Labute approximate surface area is 124 Å². The molecule has 1 aliphatic rings. The fourth-order valence-electron chi connectivity index (χ4n) is 2.61. The monoisotopic (exact) mass is 316 g/mol. The van der Waals surface area contributed by atoms with Crippen molar-refractivity contribution in [3.63, 3.8) is 0 Å². The van der Waals surface area contributed by atoms with Gasteiger partial charge in [0.2, 0.25) is 10.0 Å². The van der Waals surface area contributed by atoms with Crippen molar-refractivity contribution in [2.75, 3.05) is 5.73 Å². The zero-order valence-electron chi connectivity index (χ0n) is 12.0. The van der Waals surface area contributed by atoms with Crippen molar-refractivity contribution in [2.45, 2.75) is 56.1 Å². The van der Waals surface area contributed by atoms with Gasteiger partial charge in [0.15, 0.2) is 0 Å². The van der Waals surface area contributed by atoms with Gasteiger partial charge in [0.25, 0.3) is 0 Å². The third-order valence-corrected chi connectivity index (χ3v) is 5.32. The highest BCUT2D eigenvalue weighted by Gasteiger charge is 2.27. The van der Waals surface area contributed by atoms with E-state index in [0.717, 1.165) is 25.3 Å². The van der Waals surface area contributed by atoms with Gasteiger partial charge in [-0.25, -0.2) is 17.5 Å². The lowest BCUT2D eigenvalue weighted by Crippen LogP contribution is -2.42. The van der Waals surface area contributed by atoms with E-state index in [-0.39, 0.29) is 16.1 Å². The Bertz CT molecular complexity index is 596. The van der Waals surface area contributed by atoms with Crippen LogP contribution in [0.3, 0.4) is 0 Å². The smallest absolute Gasteiger partial charge is 0.240 e. The van der Waals surface area contributed by atoms with Crippen LogP contribution in [0.5, 0.6) is 0 Å². The molecule has 2 unspecified atom stereocenters. The molecule has 0 aromatic heterocycles. The first-order valence-electron chi connectivity index (χ1n) is 7.07. The van der Waals surface area contributed by atoms with Gasteiger partial charge >= 0.3 is 0 Å². The third kappa shape index (κ3) is 3.72. The van der Waals surface area contributed by atoms with E-state index < -0.39 is 28.0 Å². The van der Waals surface area contributed by atoms with Crippen LogP contribution in [0.1, 0.15) is 37.7 Å². The van der Waals surface area contributed by atoms with E-state index in [0.29, 0.717) is 12.8 Å². The van der Waals surface area contributed by atoms with Crippen molar-refractivity contribution in [1.29, 1.82) is 0 Å². The average molecular weight is 316 g/mol. The molecular formula is C14H21FN2O3S. The van der Waals surface area contributed by atoms with Gasteiger partial charge in [0, 0.05) is 6.04 Å². The van der Waals surface area contributed by atoms with Crippen molar-refractivity contribution >= 4 is 15.7 Å². The molecule has 2 rings (SSSR count). The molecule has 1 saturated carbocycles. The van der Waals surface area contributed by atoms with E-state index in [1.54, 1.807) is 0 Å². The molecule has 118 valence electrons. The normalized spacial score (nSPS) is 23.8. The van der Waals surface area contributed by atoms with Gasteiger partial charge in [-0.1, -0.05) is 19.3 Å². The Kier molecular flexibility index (Phi) is 4.85. The van der Waals surface area contributed by atoms with Crippen LogP contribution in [0.15, 0.2) is 17.0 Å². The second-order valence-corrected chi connectivity index (χ2v) is 7.29. The third-order valence-electron chi connectivity index (χ3n) is 3.85. The number of anilines is 1. The van der Waals surface area contributed by atoms with E-state index >= 15 is 0 Å². The van der Waals surface area contributed by atoms with E-state index in [2.05, 4.69) is 4.72 Å². The fourth-order valence-corrected chi connectivity index (χ4v) is 4.03. The molecule has 5 nitrogen and oxygen atoms in total. The van der Waals surface area contributed by atoms with Crippen molar-refractivity contribution in [3.05, 3.63) is 23.5 Å². The maximum Gasteiger partial charge on any atom is 0.240 e. The maximum absolute atomic E-state index is 13.5. The number of aryl methyl sites for hydroxylation is 1. The highest BCUT2D eigenvalue weighted by molar-refractivity contribution is 7.89. The zero-order valence-corrected chi connectivity index (χ0v) is 12.8. The number of nitrogen functional groups attached to an aromatic ring is 1. The number of nitrogens with one attached hydrogen (secondary N) is 1. The molecule has 1 fully saturated rings. The molecule has 1 aromatic carbocycles. The molecule has 1 aromatic rings. The number of aliphatic hydroxyl groups excluding tert-OH is 1. The average Bonchev–Trinajstić information content (AvgIpc) is 2.60. The van der Waals surface area contributed by atoms with Crippen LogP contribution >= 0.6 is 0 Å². The molecule has 0 bridgehead atoms. The summed E-state index contributed by atoms with van der Waals surface area (Å²) in [5.74, 6) is -0.608. The summed E-state index contributed by atoms with van der Waals surface area (Å²) in [6, 6.07) is 1.84. The van der Waals surface area contributed by atoms with Crippen molar-refractivity contribution in [1.82, 2.24) is 4.72 Å². The minimum atomic E-state index is -3.83. The number of rotatable bonds is 3. The Morgan fingerprint density at radius 2 is 1.95 bits per heavy atom. The van der Waals surface area contributed by atoms with Gasteiger partial charge in [-0.2, -0.15) is 0 Å². The van der Waals surface area contributed by atoms with Crippen molar-refractivity contribution in [2.24, 2.45) is 0 Å². The van der Waals surface area contributed by atoms with Crippen molar-refractivity contribution < 1.29 is 17.9 Å². The predicted octanol–water partition coefficient (Wildman–Crippen LogP) is 1.69. The van der Waals surface area contributed by atoms with E-state index in [1.165, 1.54) is 13.0 Å². The summed E-state index contributed by atoms with van der Waals surface area (Å²) in [4.78, 5) is -0.0738. The van der Waals surface area contributed by atoms with Crippen LogP contribution in [-0.4, -0.2) is 25.7 Å². The summed E-state index contributed by atoms with van der Waals surface area (Å²) >= 11 is 0. The summed E-state index contributed by atoms with van der Waals surface area (Å²) in [7, 11) is -3.83. The standard InChI is InChI=1S/C14H21FN2O3S/c1-9-7-10(8-11(16)14(9)15)21(19,20)17-12-5-3-2-4-6-13(12)18/h7-8,12-13,17-18H,2-6,16H2,1H3. The van der Waals surface area contributed by atoms with Gasteiger partial charge in [-0.3, -0.25) is 0 Å². The molecule has 0 saturated heterocycles. The minimum Gasteiger partial charge on any atom is -0.396 e. The second kappa shape index (κ2) is 6.29. The van der Waals surface area contributed by atoms with E-state index in [9.17, 15) is 17.9 Å². The fraction of sp³-hybridized carbons (Fsp3) is 0.571. The molecule has 2 atom stereocenters. The van der Waals surface area contributed by atoms with Gasteiger partial charge in [-0.15, -0.1) is 0 Å². The highest BCUT2D eigenvalue weighted by atomic mass is 32.2. The predicted molar refractivity (Wildman–Crippen MR) is 78.8 cm³/mol. The molecular weight excluding hydrogens is 295 g/mol. The van der Waals surface area contributed by atoms with Crippen LogP contribution in [-0.2, 0) is 10.0 Å². The Morgan fingerprint density at radius 1 is 1.29 bits per heavy atom. The molecule has 0 heterocycles. The number of hydrogen-bond acceptors (Lipinski definition) is 4. The summed E-state index contributed by atoms with van der Waals surface area (Å²) in [6.45, 7) is 1.46. The quantitative estimate of drug-likeness (QED) is 0.584. The lowest BCUT2D eigenvalue weighted by Gasteiger charge is -2.22. The summed E-state index contributed by atoms with van der Waals surface area (Å²) < 4.78 is 40.8. The largest absolute Gasteiger partial charge is 0.396 e. The molecule has 0 spiro atoms.